The highest BCUT2D eigenvalue weighted by Crippen LogP contribution is 2.45. The van der Waals surface area contributed by atoms with Gasteiger partial charge in [-0.3, -0.25) is 4.79 Å². The van der Waals surface area contributed by atoms with E-state index in [9.17, 15) is 4.79 Å². The average Bonchev–Trinajstić information content (AvgIpc) is 2.07. The number of fused-ring (bicyclic) bond motifs is 2. The minimum absolute atomic E-state index is 0.198. The van der Waals surface area contributed by atoms with Crippen LogP contribution >= 0.6 is 15.9 Å². The third-order valence-electron chi connectivity index (χ3n) is 3.17. The molecule has 0 saturated heterocycles. The summed E-state index contributed by atoms with van der Waals surface area (Å²) < 4.78 is 0.198. The maximum absolute atomic E-state index is 11.4. The number of carbonyl (C=O) groups is 1. The van der Waals surface area contributed by atoms with Gasteiger partial charge in [-0.2, -0.15) is 0 Å². The minimum Gasteiger partial charge on any atom is -0.300 e. The van der Waals surface area contributed by atoms with Crippen molar-refractivity contribution in [1.29, 1.82) is 0 Å². The smallest absolute Gasteiger partial charge is 0.134 e. The Bertz CT molecular complexity index is 202. The van der Waals surface area contributed by atoms with Gasteiger partial charge in [0.1, 0.15) is 5.78 Å². The highest BCUT2D eigenvalue weighted by Gasteiger charge is 2.38. The van der Waals surface area contributed by atoms with E-state index in [1.54, 1.807) is 0 Å². The van der Waals surface area contributed by atoms with Gasteiger partial charge in [-0.1, -0.05) is 28.8 Å². The monoisotopic (exact) mass is 230 g/mol. The molecule has 2 rings (SSSR count). The molecule has 2 bridgehead atoms. The molecule has 0 spiro atoms. The summed E-state index contributed by atoms with van der Waals surface area (Å²) in [6.45, 7) is 0. The lowest BCUT2D eigenvalue weighted by Crippen LogP contribution is -2.32. The maximum atomic E-state index is 11.4. The molecule has 0 aliphatic heterocycles. The van der Waals surface area contributed by atoms with Crippen molar-refractivity contribution >= 4 is 21.7 Å². The highest BCUT2D eigenvalue weighted by molar-refractivity contribution is 9.10. The summed E-state index contributed by atoms with van der Waals surface area (Å²) in [7, 11) is 0. The Labute approximate surface area is 82.0 Å². The summed E-state index contributed by atoms with van der Waals surface area (Å²) >= 11 is 3.76. The lowest BCUT2D eigenvalue weighted by molar-refractivity contribution is -0.122. The van der Waals surface area contributed by atoms with Gasteiger partial charge in [0.2, 0.25) is 0 Å². The van der Waals surface area contributed by atoms with Crippen LogP contribution in [0.4, 0.5) is 0 Å². The van der Waals surface area contributed by atoms with E-state index in [1.165, 1.54) is 32.1 Å². The van der Waals surface area contributed by atoms with Gasteiger partial charge in [-0.25, -0.2) is 0 Å². The molecule has 0 heterocycles. The first-order valence-corrected chi connectivity index (χ1v) is 5.68. The number of hydrogen-bond acceptors (Lipinski definition) is 1. The van der Waals surface area contributed by atoms with Crippen molar-refractivity contribution in [3.05, 3.63) is 0 Å². The number of carbonyl (C=O) groups excluding carboxylic acids is 1. The van der Waals surface area contributed by atoms with Crippen molar-refractivity contribution in [2.75, 3.05) is 0 Å². The first-order chi connectivity index (χ1) is 5.68. The molecule has 0 amide bonds. The Hall–Kier alpha value is 0.150. The van der Waals surface area contributed by atoms with Crippen LogP contribution in [0.25, 0.3) is 0 Å². The molecule has 2 aliphatic rings. The molecule has 2 heteroatoms. The lowest BCUT2D eigenvalue weighted by atomic mass is 9.80. The summed E-state index contributed by atoms with van der Waals surface area (Å²) in [6, 6.07) is 0. The molecule has 0 aromatic rings. The molecule has 12 heavy (non-hydrogen) atoms. The number of alkyl halides is 1. The van der Waals surface area contributed by atoms with Gasteiger partial charge in [0.05, 0.1) is 0 Å². The summed E-state index contributed by atoms with van der Waals surface area (Å²) in [4.78, 5) is 11.4. The predicted molar refractivity (Wildman–Crippen MR) is 52.5 cm³/mol. The third-order valence-corrected chi connectivity index (χ3v) is 4.17. The van der Waals surface area contributed by atoms with Crippen LogP contribution in [0.3, 0.4) is 0 Å². The number of halogens is 1. The van der Waals surface area contributed by atoms with Crippen LogP contribution in [-0.4, -0.2) is 10.1 Å². The molecule has 2 saturated carbocycles. The standard InChI is InChI=1S/C10H15BrO/c11-10-4-2-1-3-8(6-10)5-9(12)7-10/h8H,1-7H2. The first-order valence-electron chi connectivity index (χ1n) is 4.89. The van der Waals surface area contributed by atoms with E-state index < -0.39 is 0 Å². The van der Waals surface area contributed by atoms with Crippen LogP contribution in [0.1, 0.15) is 44.9 Å². The van der Waals surface area contributed by atoms with Gasteiger partial charge in [0, 0.05) is 17.2 Å². The van der Waals surface area contributed by atoms with Crippen LogP contribution in [-0.2, 0) is 4.79 Å². The van der Waals surface area contributed by atoms with Crippen LogP contribution in [0.2, 0.25) is 0 Å². The van der Waals surface area contributed by atoms with Crippen molar-refractivity contribution in [2.45, 2.75) is 49.3 Å². The summed E-state index contributed by atoms with van der Waals surface area (Å²) in [6.07, 6.45) is 7.98. The molecule has 68 valence electrons. The minimum atomic E-state index is 0.198. The van der Waals surface area contributed by atoms with Crippen molar-refractivity contribution < 1.29 is 4.79 Å². The number of ketones is 1. The Morgan fingerprint density at radius 3 is 3.08 bits per heavy atom. The molecule has 2 aliphatic carbocycles. The van der Waals surface area contributed by atoms with Crippen molar-refractivity contribution in [3.8, 4) is 0 Å². The van der Waals surface area contributed by atoms with E-state index in [0.29, 0.717) is 11.7 Å². The predicted octanol–water partition coefficient (Wildman–Crippen LogP) is 3.06. The molecule has 0 N–H and O–H groups in total. The van der Waals surface area contributed by atoms with E-state index >= 15 is 0 Å². The van der Waals surface area contributed by atoms with Gasteiger partial charge < -0.3 is 0 Å². The molecule has 0 aromatic heterocycles. The Balaban J connectivity index is 2.15. The lowest BCUT2D eigenvalue weighted by Gasteiger charge is -2.33. The molecule has 0 radical (unpaired) electrons. The summed E-state index contributed by atoms with van der Waals surface area (Å²) in [5, 5.41) is 0. The van der Waals surface area contributed by atoms with E-state index in [1.807, 2.05) is 0 Å². The molecule has 2 unspecified atom stereocenters. The Morgan fingerprint density at radius 1 is 1.42 bits per heavy atom. The van der Waals surface area contributed by atoms with Crippen molar-refractivity contribution in [3.63, 3.8) is 0 Å². The molecule has 1 nitrogen and oxygen atoms in total. The molecular weight excluding hydrogens is 216 g/mol. The first kappa shape index (κ1) is 8.74. The quantitative estimate of drug-likeness (QED) is 0.585. The maximum Gasteiger partial charge on any atom is 0.134 e. The van der Waals surface area contributed by atoms with Crippen LogP contribution < -0.4 is 0 Å². The van der Waals surface area contributed by atoms with Crippen LogP contribution in [0.5, 0.6) is 0 Å². The zero-order valence-electron chi connectivity index (χ0n) is 7.31. The largest absolute Gasteiger partial charge is 0.300 e. The van der Waals surface area contributed by atoms with Crippen molar-refractivity contribution in [2.24, 2.45) is 5.92 Å². The number of hydrogen-bond donors (Lipinski definition) is 0. The van der Waals surface area contributed by atoms with Crippen LogP contribution in [0.15, 0.2) is 0 Å². The normalized spacial score (nSPS) is 42.4. The molecule has 2 fully saturated rings. The van der Waals surface area contributed by atoms with Gasteiger partial charge in [-0.15, -0.1) is 0 Å². The summed E-state index contributed by atoms with van der Waals surface area (Å²) in [5.41, 5.74) is 0. The van der Waals surface area contributed by atoms with Crippen LogP contribution in [0, 0.1) is 5.92 Å². The summed E-state index contributed by atoms with van der Waals surface area (Å²) in [5.74, 6) is 1.16. The average molecular weight is 231 g/mol. The van der Waals surface area contributed by atoms with Gasteiger partial charge in [0.15, 0.2) is 0 Å². The zero-order valence-corrected chi connectivity index (χ0v) is 8.90. The fourth-order valence-corrected chi connectivity index (χ4v) is 3.73. The molecule has 2 atom stereocenters. The third kappa shape index (κ3) is 1.73. The van der Waals surface area contributed by atoms with Gasteiger partial charge in [0.25, 0.3) is 0 Å². The van der Waals surface area contributed by atoms with Gasteiger partial charge >= 0.3 is 0 Å². The SMILES string of the molecule is O=C1CC2CCCCC(Br)(C1)C2. The zero-order chi connectivity index (χ0) is 8.60. The Kier molecular flexibility index (Phi) is 2.28. The van der Waals surface area contributed by atoms with E-state index in [0.717, 1.165) is 12.8 Å². The van der Waals surface area contributed by atoms with Gasteiger partial charge in [-0.05, 0) is 25.2 Å². The molecular formula is C10H15BrO. The molecule has 0 aromatic carbocycles. The number of Topliss-reactive ketones (excluding diaryl/α,β-unsaturated/α-hetero) is 1. The topological polar surface area (TPSA) is 17.1 Å². The fourth-order valence-electron chi connectivity index (χ4n) is 2.68. The van der Waals surface area contributed by atoms with E-state index in [2.05, 4.69) is 15.9 Å². The second kappa shape index (κ2) is 3.13. The highest BCUT2D eigenvalue weighted by atomic mass is 79.9. The number of rotatable bonds is 0. The van der Waals surface area contributed by atoms with E-state index in [-0.39, 0.29) is 4.32 Å². The fraction of sp³-hybridized carbons (Fsp3) is 0.900. The second-order valence-electron chi connectivity index (χ2n) is 4.39. The van der Waals surface area contributed by atoms with Crippen molar-refractivity contribution in [1.82, 2.24) is 0 Å². The second-order valence-corrected chi connectivity index (χ2v) is 6.07. The Morgan fingerprint density at radius 2 is 2.25 bits per heavy atom. The van der Waals surface area contributed by atoms with E-state index in [4.69, 9.17) is 0 Å².